The highest BCUT2D eigenvalue weighted by molar-refractivity contribution is 5.87. The third-order valence-corrected chi connectivity index (χ3v) is 7.15. The fourth-order valence-corrected chi connectivity index (χ4v) is 5.82. The van der Waals surface area contributed by atoms with Crippen LogP contribution in [-0.2, 0) is 0 Å². The van der Waals surface area contributed by atoms with E-state index in [0.717, 1.165) is 0 Å². The second-order valence-corrected chi connectivity index (χ2v) is 12.0. The normalized spacial score (nSPS) is 13.9. The van der Waals surface area contributed by atoms with Crippen molar-refractivity contribution in [1.82, 2.24) is 4.57 Å². The highest BCUT2D eigenvalue weighted by Crippen LogP contribution is 2.40. The molecule has 36 heavy (non-hydrogen) atoms. The number of halogens is 1. The van der Waals surface area contributed by atoms with Crippen molar-refractivity contribution in [3.05, 3.63) is 115 Å². The summed E-state index contributed by atoms with van der Waals surface area (Å²) in [5.41, 5.74) is 2.82. The monoisotopic (exact) mass is 588 g/mol. The van der Waals surface area contributed by atoms with Crippen molar-refractivity contribution in [2.45, 2.75) is 53.6 Å². The third kappa shape index (κ3) is 4.95. The maximum Gasteiger partial charge on any atom is 0.244 e. The molecular formula is C33H37IN2. The maximum absolute atomic E-state index is 2.42. The summed E-state index contributed by atoms with van der Waals surface area (Å²) < 4.78 is 4.84. The summed E-state index contributed by atoms with van der Waals surface area (Å²) in [6.45, 7) is 14.1. The lowest BCUT2D eigenvalue weighted by molar-refractivity contribution is -0.725. The summed E-state index contributed by atoms with van der Waals surface area (Å²) in [7, 11) is 0. The molecule has 0 aliphatic heterocycles. The number of hydrogen-bond donors (Lipinski definition) is 0. The molecule has 1 aromatic heterocycles. The van der Waals surface area contributed by atoms with E-state index in [1.165, 1.54) is 32.7 Å². The second kappa shape index (κ2) is 10.0. The molecule has 0 fully saturated rings. The van der Waals surface area contributed by atoms with Crippen LogP contribution < -0.4 is 28.5 Å². The maximum atomic E-state index is 2.42. The topological polar surface area (TPSA) is 8.81 Å². The fraction of sp³-hybridized carbons (Fsp3) is 0.303. The SMILES string of the molecule is CC(C)(C)[C@@H](c1cccc2ccccc12)n1cc[n+]([C@H](c2cccc3ccccc23)C(C)(C)C)c1.[I-]. The van der Waals surface area contributed by atoms with E-state index in [4.69, 9.17) is 0 Å². The molecule has 0 unspecified atom stereocenters. The van der Waals surface area contributed by atoms with Gasteiger partial charge in [0, 0.05) is 22.0 Å². The smallest absolute Gasteiger partial charge is 0.244 e. The third-order valence-electron chi connectivity index (χ3n) is 7.15. The van der Waals surface area contributed by atoms with Crippen LogP contribution in [0.5, 0.6) is 0 Å². The molecule has 3 heteroatoms. The van der Waals surface area contributed by atoms with Gasteiger partial charge in [-0.05, 0) is 21.5 Å². The minimum Gasteiger partial charge on any atom is -1.00 e. The average molecular weight is 589 g/mol. The van der Waals surface area contributed by atoms with Crippen molar-refractivity contribution in [3.8, 4) is 0 Å². The van der Waals surface area contributed by atoms with E-state index in [1.807, 2.05) is 0 Å². The van der Waals surface area contributed by atoms with E-state index < -0.39 is 0 Å². The van der Waals surface area contributed by atoms with Gasteiger partial charge in [0.1, 0.15) is 24.5 Å². The van der Waals surface area contributed by atoms with E-state index >= 15 is 0 Å². The molecule has 5 aromatic rings. The van der Waals surface area contributed by atoms with Gasteiger partial charge in [0.25, 0.3) is 0 Å². The number of benzene rings is 4. The Morgan fingerprint density at radius 1 is 0.611 bits per heavy atom. The van der Waals surface area contributed by atoms with E-state index in [9.17, 15) is 0 Å². The van der Waals surface area contributed by atoms with E-state index in [0.29, 0.717) is 0 Å². The zero-order valence-electron chi connectivity index (χ0n) is 22.2. The molecule has 0 bridgehead atoms. The van der Waals surface area contributed by atoms with E-state index in [2.05, 4.69) is 154 Å². The van der Waals surface area contributed by atoms with Crippen molar-refractivity contribution in [2.24, 2.45) is 10.8 Å². The Hall–Kier alpha value is -2.66. The largest absolute Gasteiger partial charge is 1.00 e. The van der Waals surface area contributed by atoms with Crippen molar-refractivity contribution in [2.75, 3.05) is 0 Å². The molecular weight excluding hydrogens is 551 g/mol. The van der Waals surface area contributed by atoms with Crippen LogP contribution in [0.3, 0.4) is 0 Å². The zero-order chi connectivity index (χ0) is 24.8. The molecule has 1 heterocycles. The van der Waals surface area contributed by atoms with Crippen LogP contribution in [0.1, 0.15) is 64.8 Å². The Morgan fingerprint density at radius 2 is 1.11 bits per heavy atom. The number of rotatable bonds is 4. The molecule has 2 atom stereocenters. The first-order chi connectivity index (χ1) is 16.6. The van der Waals surface area contributed by atoms with Crippen LogP contribution >= 0.6 is 0 Å². The zero-order valence-corrected chi connectivity index (χ0v) is 24.4. The predicted molar refractivity (Wildman–Crippen MR) is 148 cm³/mol. The molecule has 0 spiro atoms. The Balaban J connectivity index is 0.00000304. The molecule has 0 aliphatic carbocycles. The lowest BCUT2D eigenvalue weighted by Gasteiger charge is -2.30. The van der Waals surface area contributed by atoms with Crippen molar-refractivity contribution in [3.63, 3.8) is 0 Å². The number of imidazole rings is 1. The van der Waals surface area contributed by atoms with Gasteiger partial charge in [-0.25, -0.2) is 9.13 Å². The van der Waals surface area contributed by atoms with Crippen molar-refractivity contribution in [1.29, 1.82) is 0 Å². The number of nitrogens with zero attached hydrogens (tertiary/aromatic N) is 2. The molecule has 4 aromatic carbocycles. The van der Waals surface area contributed by atoms with Gasteiger partial charge in [0.2, 0.25) is 6.33 Å². The molecule has 186 valence electrons. The van der Waals surface area contributed by atoms with Gasteiger partial charge in [-0.1, -0.05) is 126 Å². The van der Waals surface area contributed by atoms with Crippen molar-refractivity contribution >= 4 is 21.5 Å². The molecule has 0 amide bonds. The quantitative estimate of drug-likeness (QED) is 0.198. The van der Waals surface area contributed by atoms with Crippen LogP contribution in [0.15, 0.2) is 104 Å². The second-order valence-electron chi connectivity index (χ2n) is 12.0. The lowest BCUT2D eigenvalue weighted by atomic mass is 9.80. The molecule has 0 saturated heterocycles. The Labute approximate surface area is 233 Å². The van der Waals surface area contributed by atoms with Crippen LogP contribution in [0.25, 0.3) is 21.5 Å². The van der Waals surface area contributed by atoms with Crippen LogP contribution in [0.2, 0.25) is 0 Å². The molecule has 2 nitrogen and oxygen atoms in total. The lowest BCUT2D eigenvalue weighted by Crippen LogP contribution is -3.00. The average Bonchev–Trinajstić information content (AvgIpc) is 3.26. The highest BCUT2D eigenvalue weighted by Gasteiger charge is 2.37. The number of fused-ring (bicyclic) bond motifs is 2. The van der Waals surface area contributed by atoms with Crippen LogP contribution in [0.4, 0.5) is 0 Å². The van der Waals surface area contributed by atoms with Crippen molar-refractivity contribution < 1.29 is 28.5 Å². The summed E-state index contributed by atoms with van der Waals surface area (Å²) >= 11 is 0. The highest BCUT2D eigenvalue weighted by atomic mass is 127. The molecule has 0 N–H and O–H groups in total. The van der Waals surface area contributed by atoms with Gasteiger partial charge in [0.05, 0.1) is 0 Å². The van der Waals surface area contributed by atoms with Crippen LogP contribution in [0, 0.1) is 10.8 Å². The van der Waals surface area contributed by atoms with Crippen LogP contribution in [-0.4, -0.2) is 4.57 Å². The standard InChI is InChI=1S/C33H37N2.HI/c1-32(2,3)30(28-19-11-15-24-13-7-9-17-26(24)28)34-21-22-35(23-34)31(33(4,5)6)29-20-12-16-25-14-8-10-18-27(25)29;/h7-23,30-31H,1-6H3;1H/q+1;/p-1/t30-,31-;/m1./s1. The first-order valence-electron chi connectivity index (χ1n) is 12.7. The summed E-state index contributed by atoms with van der Waals surface area (Å²) in [6.07, 6.45) is 6.86. The van der Waals surface area contributed by atoms with Gasteiger partial charge in [0.15, 0.2) is 0 Å². The van der Waals surface area contributed by atoms with E-state index in [1.54, 1.807) is 0 Å². The summed E-state index contributed by atoms with van der Waals surface area (Å²) in [4.78, 5) is 0. The molecule has 5 rings (SSSR count). The first kappa shape index (κ1) is 26.4. The Kier molecular flexibility index (Phi) is 7.34. The fourth-order valence-electron chi connectivity index (χ4n) is 5.82. The van der Waals surface area contributed by atoms with Gasteiger partial charge in [-0.3, -0.25) is 0 Å². The molecule has 0 radical (unpaired) electrons. The Morgan fingerprint density at radius 3 is 1.67 bits per heavy atom. The number of aromatic nitrogens is 2. The summed E-state index contributed by atoms with van der Waals surface area (Å²) in [5, 5.41) is 5.25. The summed E-state index contributed by atoms with van der Waals surface area (Å²) in [6, 6.07) is 31.3. The first-order valence-corrected chi connectivity index (χ1v) is 12.7. The predicted octanol–water partition coefficient (Wildman–Crippen LogP) is 5.36. The van der Waals surface area contributed by atoms with E-state index in [-0.39, 0.29) is 46.9 Å². The molecule has 0 aliphatic rings. The minimum atomic E-state index is 0. The van der Waals surface area contributed by atoms with Gasteiger partial charge < -0.3 is 24.0 Å². The number of hydrogen-bond acceptors (Lipinski definition) is 0. The molecule has 0 saturated carbocycles. The van der Waals surface area contributed by atoms with Gasteiger partial charge >= 0.3 is 0 Å². The van der Waals surface area contributed by atoms with Gasteiger partial charge in [-0.15, -0.1) is 0 Å². The van der Waals surface area contributed by atoms with Gasteiger partial charge in [-0.2, -0.15) is 0 Å². The Bertz CT molecular complexity index is 1360. The summed E-state index contributed by atoms with van der Waals surface area (Å²) in [5.74, 6) is 0. The minimum absolute atomic E-state index is 0.